The molecule has 22 heavy (non-hydrogen) atoms. The molecule has 1 aliphatic heterocycles. The van der Waals surface area contributed by atoms with E-state index in [1.807, 2.05) is 42.5 Å². The van der Waals surface area contributed by atoms with Gasteiger partial charge in [-0.05, 0) is 18.1 Å². The van der Waals surface area contributed by atoms with E-state index < -0.39 is 0 Å². The molecule has 0 saturated carbocycles. The average molecular weight is 295 g/mol. The fourth-order valence-electron chi connectivity index (χ4n) is 2.61. The summed E-state index contributed by atoms with van der Waals surface area (Å²) in [5, 5.41) is 12.8. The minimum atomic E-state index is -0.248. The molecule has 2 atom stereocenters. The SMILES string of the molecule is O[C@H]1CNC(COc2ccccc2C=Cc2ccccc2)C1. The van der Waals surface area contributed by atoms with E-state index in [1.165, 1.54) is 0 Å². The van der Waals surface area contributed by atoms with Crippen LogP contribution in [0.3, 0.4) is 0 Å². The number of benzene rings is 2. The van der Waals surface area contributed by atoms with Gasteiger partial charge >= 0.3 is 0 Å². The zero-order valence-electron chi connectivity index (χ0n) is 12.5. The van der Waals surface area contributed by atoms with E-state index in [1.54, 1.807) is 0 Å². The topological polar surface area (TPSA) is 41.5 Å². The Balaban J connectivity index is 1.66. The average Bonchev–Trinajstić information content (AvgIpc) is 2.98. The van der Waals surface area contributed by atoms with Gasteiger partial charge in [0.05, 0.1) is 6.10 Å². The van der Waals surface area contributed by atoms with Gasteiger partial charge in [0.2, 0.25) is 0 Å². The molecule has 0 radical (unpaired) electrons. The molecular formula is C19H21NO2. The van der Waals surface area contributed by atoms with Crippen LogP contribution in [-0.2, 0) is 0 Å². The fourth-order valence-corrected chi connectivity index (χ4v) is 2.61. The molecule has 1 heterocycles. The van der Waals surface area contributed by atoms with Crippen LogP contribution < -0.4 is 10.1 Å². The molecule has 0 bridgehead atoms. The third kappa shape index (κ3) is 3.97. The van der Waals surface area contributed by atoms with Crippen molar-refractivity contribution in [1.82, 2.24) is 5.32 Å². The number of para-hydroxylation sites is 1. The van der Waals surface area contributed by atoms with Crippen LogP contribution >= 0.6 is 0 Å². The highest BCUT2D eigenvalue weighted by Gasteiger charge is 2.22. The van der Waals surface area contributed by atoms with Crippen LogP contribution in [0.15, 0.2) is 54.6 Å². The molecule has 0 aromatic heterocycles. The molecule has 0 aliphatic carbocycles. The van der Waals surface area contributed by atoms with Crippen LogP contribution in [0.25, 0.3) is 12.2 Å². The van der Waals surface area contributed by atoms with Gasteiger partial charge in [0.1, 0.15) is 12.4 Å². The zero-order chi connectivity index (χ0) is 15.2. The van der Waals surface area contributed by atoms with Gasteiger partial charge < -0.3 is 15.2 Å². The predicted octanol–water partition coefficient (Wildman–Crippen LogP) is 2.96. The van der Waals surface area contributed by atoms with Gasteiger partial charge in [-0.1, -0.05) is 60.7 Å². The lowest BCUT2D eigenvalue weighted by molar-refractivity contribution is 0.187. The monoisotopic (exact) mass is 295 g/mol. The molecule has 3 nitrogen and oxygen atoms in total. The number of rotatable bonds is 5. The van der Waals surface area contributed by atoms with E-state index >= 15 is 0 Å². The second-order valence-electron chi connectivity index (χ2n) is 5.59. The summed E-state index contributed by atoms with van der Waals surface area (Å²) in [6, 6.07) is 18.5. The number of aliphatic hydroxyl groups is 1. The Hall–Kier alpha value is -2.10. The Bertz CT molecular complexity index is 624. The molecule has 3 rings (SSSR count). The lowest BCUT2D eigenvalue weighted by Crippen LogP contribution is -2.28. The second-order valence-corrected chi connectivity index (χ2v) is 5.59. The number of aliphatic hydroxyl groups excluding tert-OH is 1. The summed E-state index contributed by atoms with van der Waals surface area (Å²) in [6.07, 6.45) is 4.66. The van der Waals surface area contributed by atoms with Crippen molar-refractivity contribution in [2.45, 2.75) is 18.6 Å². The number of ether oxygens (including phenoxy) is 1. The maximum Gasteiger partial charge on any atom is 0.126 e. The van der Waals surface area contributed by atoms with Crippen molar-refractivity contribution < 1.29 is 9.84 Å². The standard InChI is InChI=1S/C19H21NO2/c21-18-12-17(20-13-18)14-22-19-9-5-4-8-16(19)11-10-15-6-2-1-3-7-15/h1-11,17-18,20-21H,12-14H2/t17?,18-/m1/s1. The molecule has 0 spiro atoms. The smallest absolute Gasteiger partial charge is 0.126 e. The van der Waals surface area contributed by atoms with Crippen molar-refractivity contribution >= 4 is 12.2 Å². The van der Waals surface area contributed by atoms with Gasteiger partial charge in [0.15, 0.2) is 0 Å². The first-order valence-electron chi connectivity index (χ1n) is 7.67. The van der Waals surface area contributed by atoms with E-state index in [-0.39, 0.29) is 12.1 Å². The van der Waals surface area contributed by atoms with Gasteiger partial charge in [-0.25, -0.2) is 0 Å². The molecule has 1 fully saturated rings. The highest BCUT2D eigenvalue weighted by molar-refractivity contribution is 5.72. The highest BCUT2D eigenvalue weighted by atomic mass is 16.5. The minimum absolute atomic E-state index is 0.223. The third-order valence-electron chi connectivity index (χ3n) is 3.81. The lowest BCUT2D eigenvalue weighted by Gasteiger charge is -2.13. The van der Waals surface area contributed by atoms with Gasteiger partial charge in [-0.2, -0.15) is 0 Å². The van der Waals surface area contributed by atoms with Crippen molar-refractivity contribution in [3.63, 3.8) is 0 Å². The Morgan fingerprint density at radius 3 is 2.59 bits per heavy atom. The first-order valence-corrected chi connectivity index (χ1v) is 7.67. The molecule has 1 aliphatic rings. The van der Waals surface area contributed by atoms with E-state index in [9.17, 15) is 5.11 Å². The zero-order valence-corrected chi connectivity index (χ0v) is 12.5. The number of hydrogen-bond donors (Lipinski definition) is 2. The molecule has 2 N–H and O–H groups in total. The molecule has 3 heteroatoms. The molecular weight excluding hydrogens is 274 g/mol. The fraction of sp³-hybridized carbons (Fsp3) is 0.263. The molecule has 2 aromatic carbocycles. The van der Waals surface area contributed by atoms with Crippen molar-refractivity contribution in [2.24, 2.45) is 0 Å². The van der Waals surface area contributed by atoms with E-state index in [0.717, 1.165) is 23.3 Å². The summed E-state index contributed by atoms with van der Waals surface area (Å²) in [4.78, 5) is 0. The van der Waals surface area contributed by atoms with Gasteiger partial charge in [-0.15, -0.1) is 0 Å². The van der Waals surface area contributed by atoms with Crippen LogP contribution in [0.2, 0.25) is 0 Å². The second kappa shape index (κ2) is 7.25. The van der Waals surface area contributed by atoms with Gasteiger partial charge in [-0.3, -0.25) is 0 Å². The molecule has 1 unspecified atom stereocenters. The molecule has 1 saturated heterocycles. The summed E-state index contributed by atoms with van der Waals surface area (Å²) in [7, 11) is 0. The largest absolute Gasteiger partial charge is 0.491 e. The van der Waals surface area contributed by atoms with E-state index in [2.05, 4.69) is 29.6 Å². The van der Waals surface area contributed by atoms with Crippen molar-refractivity contribution in [3.8, 4) is 5.75 Å². The van der Waals surface area contributed by atoms with E-state index in [0.29, 0.717) is 13.2 Å². The molecule has 114 valence electrons. The van der Waals surface area contributed by atoms with Crippen LogP contribution in [0.1, 0.15) is 17.5 Å². The Kier molecular flexibility index (Phi) is 4.88. The van der Waals surface area contributed by atoms with Crippen LogP contribution in [0, 0.1) is 0 Å². The summed E-state index contributed by atoms with van der Waals surface area (Å²) < 4.78 is 5.93. The lowest BCUT2D eigenvalue weighted by atomic mass is 10.1. The van der Waals surface area contributed by atoms with Crippen molar-refractivity contribution in [3.05, 3.63) is 65.7 Å². The predicted molar refractivity (Wildman–Crippen MR) is 89.7 cm³/mol. The van der Waals surface area contributed by atoms with Crippen LogP contribution in [0.4, 0.5) is 0 Å². The normalized spacial score (nSPS) is 21.3. The van der Waals surface area contributed by atoms with Crippen LogP contribution in [0.5, 0.6) is 5.75 Å². The Morgan fingerprint density at radius 1 is 1.05 bits per heavy atom. The Labute approximate surface area is 131 Å². The quantitative estimate of drug-likeness (QED) is 0.833. The van der Waals surface area contributed by atoms with E-state index in [4.69, 9.17) is 4.74 Å². The third-order valence-corrected chi connectivity index (χ3v) is 3.81. The minimum Gasteiger partial charge on any atom is -0.491 e. The maximum atomic E-state index is 9.53. The van der Waals surface area contributed by atoms with Crippen molar-refractivity contribution in [2.75, 3.05) is 13.2 Å². The summed E-state index contributed by atoms with van der Waals surface area (Å²) in [5.41, 5.74) is 2.22. The Morgan fingerprint density at radius 2 is 1.82 bits per heavy atom. The molecule has 2 aromatic rings. The van der Waals surface area contributed by atoms with Crippen LogP contribution in [-0.4, -0.2) is 30.4 Å². The number of β-amino-alcohol motifs (C(OH)–C–C–N with tert-alkyl or cyclic N) is 1. The summed E-state index contributed by atoms with van der Waals surface area (Å²) in [6.45, 7) is 1.23. The maximum absolute atomic E-state index is 9.53. The number of hydrogen-bond acceptors (Lipinski definition) is 3. The first-order chi connectivity index (χ1) is 10.8. The summed E-state index contributed by atoms with van der Waals surface area (Å²) in [5.74, 6) is 0.873. The first kappa shape index (κ1) is 14.8. The molecule has 0 amide bonds. The summed E-state index contributed by atoms with van der Waals surface area (Å²) >= 11 is 0. The van der Waals surface area contributed by atoms with Crippen molar-refractivity contribution in [1.29, 1.82) is 0 Å². The highest BCUT2D eigenvalue weighted by Crippen LogP contribution is 2.21. The van der Waals surface area contributed by atoms with Gasteiger partial charge in [0.25, 0.3) is 0 Å². The van der Waals surface area contributed by atoms with Gasteiger partial charge in [0, 0.05) is 18.2 Å². The number of nitrogens with one attached hydrogen (secondary N) is 1.